The van der Waals surface area contributed by atoms with Gasteiger partial charge in [-0.05, 0) is 78.8 Å². The summed E-state index contributed by atoms with van der Waals surface area (Å²) < 4.78 is 17.1. The SMILES string of the molecule is COc1cc2c(c(OC)c1OC)-c1ccc(NCCCCCC(=O)Nc3cccc4[nH]ccc34)c(=O)cc1[C@H](NC(C)=O)CC2. The topological polar surface area (TPSA) is 131 Å². The van der Waals surface area contributed by atoms with Gasteiger partial charge in [-0.3, -0.25) is 14.4 Å². The number of aromatic amines is 1. The second-order valence-electron chi connectivity index (χ2n) is 11.1. The molecule has 1 heterocycles. The number of aromatic nitrogens is 1. The minimum atomic E-state index is -0.366. The number of H-pyrrole nitrogens is 1. The highest BCUT2D eigenvalue weighted by atomic mass is 16.5. The monoisotopic (exact) mass is 612 g/mol. The molecule has 10 heteroatoms. The third kappa shape index (κ3) is 6.90. The van der Waals surface area contributed by atoms with E-state index in [-0.39, 0.29) is 23.3 Å². The van der Waals surface area contributed by atoms with Crippen molar-refractivity contribution in [1.29, 1.82) is 0 Å². The van der Waals surface area contributed by atoms with Crippen LogP contribution in [0.3, 0.4) is 0 Å². The van der Waals surface area contributed by atoms with Crippen molar-refractivity contribution < 1.29 is 23.8 Å². The molecule has 0 unspecified atom stereocenters. The van der Waals surface area contributed by atoms with Crippen LogP contribution in [0.15, 0.2) is 59.5 Å². The van der Waals surface area contributed by atoms with Crippen molar-refractivity contribution in [2.24, 2.45) is 0 Å². The Kier molecular flexibility index (Phi) is 9.92. The molecule has 1 atom stereocenters. The van der Waals surface area contributed by atoms with E-state index < -0.39 is 0 Å². The number of benzene rings is 2. The van der Waals surface area contributed by atoms with Gasteiger partial charge in [-0.1, -0.05) is 18.6 Å². The van der Waals surface area contributed by atoms with Crippen LogP contribution in [0.2, 0.25) is 0 Å². The predicted octanol–water partition coefficient (Wildman–Crippen LogP) is 5.96. The molecule has 1 aliphatic carbocycles. The average molecular weight is 613 g/mol. The highest BCUT2D eigenvalue weighted by Crippen LogP contribution is 2.50. The van der Waals surface area contributed by atoms with E-state index >= 15 is 0 Å². The number of carbonyl (C=O) groups excluding carboxylic acids is 2. The molecule has 5 rings (SSSR count). The molecule has 1 aromatic heterocycles. The molecule has 2 amide bonds. The smallest absolute Gasteiger partial charge is 0.224 e. The number of amides is 2. The van der Waals surface area contributed by atoms with Gasteiger partial charge in [0.25, 0.3) is 0 Å². The molecule has 4 aromatic rings. The fraction of sp³-hybridized carbons (Fsp3) is 0.343. The second kappa shape index (κ2) is 14.2. The lowest BCUT2D eigenvalue weighted by molar-refractivity contribution is -0.119. The fourth-order valence-electron chi connectivity index (χ4n) is 6.07. The molecular formula is C35H40N4O6. The summed E-state index contributed by atoms with van der Waals surface area (Å²) in [6.07, 6.45) is 5.86. The molecule has 0 aliphatic heterocycles. The molecular weight excluding hydrogens is 572 g/mol. The lowest BCUT2D eigenvalue weighted by Gasteiger charge is -2.19. The Hall–Kier alpha value is -4.99. The largest absolute Gasteiger partial charge is 0.493 e. The van der Waals surface area contributed by atoms with Crippen molar-refractivity contribution in [3.05, 3.63) is 76.1 Å². The van der Waals surface area contributed by atoms with E-state index in [2.05, 4.69) is 20.9 Å². The van der Waals surface area contributed by atoms with Crippen LogP contribution in [0.5, 0.6) is 17.2 Å². The highest BCUT2D eigenvalue weighted by molar-refractivity contribution is 6.01. The number of hydrogen-bond donors (Lipinski definition) is 4. The Morgan fingerprint density at radius 3 is 2.51 bits per heavy atom. The summed E-state index contributed by atoms with van der Waals surface area (Å²) >= 11 is 0. The molecule has 3 aromatic carbocycles. The summed E-state index contributed by atoms with van der Waals surface area (Å²) in [6, 6.07) is 14.6. The molecule has 236 valence electrons. The third-order valence-corrected chi connectivity index (χ3v) is 8.18. The Morgan fingerprint density at radius 1 is 0.933 bits per heavy atom. The lowest BCUT2D eigenvalue weighted by atomic mass is 9.95. The standard InChI is InChI=1S/C35H40N4O6/c1-21(40)38-28-14-12-22-19-31(43-2)34(44-3)35(45-4)33(22)23-13-15-29(30(41)20-25(23)28)36-17-7-5-6-11-32(42)39-27-10-8-9-26-24(27)16-18-37-26/h8-10,13,15-16,18-20,28,37H,5-7,11-12,14,17H2,1-4H3,(H,36,41)(H,38,40)(H,39,42)/t28-/m1/s1. The number of fused-ring (bicyclic) bond motifs is 4. The van der Waals surface area contributed by atoms with Crippen molar-refractivity contribution in [2.75, 3.05) is 38.5 Å². The third-order valence-electron chi connectivity index (χ3n) is 8.18. The van der Waals surface area contributed by atoms with Gasteiger partial charge in [0.15, 0.2) is 11.5 Å². The van der Waals surface area contributed by atoms with Crippen LogP contribution in [-0.2, 0) is 16.0 Å². The van der Waals surface area contributed by atoms with Crippen molar-refractivity contribution >= 4 is 34.1 Å². The number of aryl methyl sites for hydroxylation is 1. The molecule has 4 N–H and O–H groups in total. The van der Waals surface area contributed by atoms with Gasteiger partial charge < -0.3 is 35.1 Å². The summed E-state index contributed by atoms with van der Waals surface area (Å²) in [6.45, 7) is 2.05. The first-order valence-electron chi connectivity index (χ1n) is 15.2. The van der Waals surface area contributed by atoms with Gasteiger partial charge in [0.2, 0.25) is 23.0 Å². The first-order chi connectivity index (χ1) is 21.8. The fourth-order valence-corrected chi connectivity index (χ4v) is 6.07. The van der Waals surface area contributed by atoms with Gasteiger partial charge in [0.1, 0.15) is 0 Å². The van der Waals surface area contributed by atoms with Gasteiger partial charge in [-0.2, -0.15) is 0 Å². The zero-order valence-electron chi connectivity index (χ0n) is 26.2. The second-order valence-corrected chi connectivity index (χ2v) is 11.1. The number of methoxy groups -OCH3 is 3. The number of anilines is 2. The van der Waals surface area contributed by atoms with Crippen LogP contribution in [0.1, 0.15) is 56.2 Å². The molecule has 1 aliphatic rings. The van der Waals surface area contributed by atoms with E-state index in [9.17, 15) is 14.4 Å². The minimum absolute atomic E-state index is 0.0197. The van der Waals surface area contributed by atoms with Gasteiger partial charge in [-0.15, -0.1) is 0 Å². The van der Waals surface area contributed by atoms with Crippen LogP contribution in [-0.4, -0.2) is 44.7 Å². The van der Waals surface area contributed by atoms with Crippen molar-refractivity contribution in [2.45, 2.75) is 51.5 Å². The Bertz CT molecular complexity index is 1770. The number of carbonyl (C=O) groups is 2. The van der Waals surface area contributed by atoms with Gasteiger partial charge in [-0.25, -0.2) is 0 Å². The molecule has 10 nitrogen and oxygen atoms in total. The van der Waals surface area contributed by atoms with E-state index in [0.717, 1.165) is 52.5 Å². The highest BCUT2D eigenvalue weighted by Gasteiger charge is 2.29. The van der Waals surface area contributed by atoms with Crippen molar-refractivity contribution in [3.8, 4) is 28.4 Å². The van der Waals surface area contributed by atoms with Crippen LogP contribution >= 0.6 is 0 Å². The van der Waals surface area contributed by atoms with E-state index in [1.807, 2.05) is 42.6 Å². The van der Waals surface area contributed by atoms with Gasteiger partial charge >= 0.3 is 0 Å². The van der Waals surface area contributed by atoms with Gasteiger partial charge in [0.05, 0.1) is 38.7 Å². The van der Waals surface area contributed by atoms with Crippen LogP contribution in [0.4, 0.5) is 11.4 Å². The molecule has 0 saturated heterocycles. The van der Waals surface area contributed by atoms with E-state index in [0.29, 0.717) is 54.3 Å². The predicted molar refractivity (Wildman–Crippen MR) is 177 cm³/mol. The maximum absolute atomic E-state index is 13.5. The molecule has 0 fully saturated rings. The Morgan fingerprint density at radius 2 is 1.76 bits per heavy atom. The Labute approximate surface area is 262 Å². The summed E-state index contributed by atoms with van der Waals surface area (Å²) in [5, 5.41) is 10.3. The molecule has 0 bridgehead atoms. The molecule has 0 saturated carbocycles. The minimum Gasteiger partial charge on any atom is -0.493 e. The number of unbranched alkanes of at least 4 members (excludes halogenated alkanes) is 2. The number of rotatable bonds is 12. The quantitative estimate of drug-likeness (QED) is 0.145. The summed E-state index contributed by atoms with van der Waals surface area (Å²) in [4.78, 5) is 41.3. The lowest BCUT2D eigenvalue weighted by Crippen LogP contribution is -2.26. The zero-order valence-corrected chi connectivity index (χ0v) is 26.2. The first kappa shape index (κ1) is 31.4. The summed E-state index contributed by atoms with van der Waals surface area (Å²) in [7, 11) is 4.72. The number of nitrogens with one attached hydrogen (secondary N) is 4. The molecule has 0 radical (unpaired) electrons. The Balaban J connectivity index is 1.30. The van der Waals surface area contributed by atoms with E-state index in [4.69, 9.17) is 14.2 Å². The number of hydrogen-bond acceptors (Lipinski definition) is 7. The average Bonchev–Trinajstić information content (AvgIpc) is 3.40. The number of ether oxygens (including phenoxy) is 3. The maximum atomic E-state index is 13.5. The van der Waals surface area contributed by atoms with Crippen LogP contribution < -0.4 is 35.6 Å². The normalized spacial score (nSPS) is 13.6. The molecule has 45 heavy (non-hydrogen) atoms. The summed E-state index contributed by atoms with van der Waals surface area (Å²) in [5.74, 6) is 1.33. The maximum Gasteiger partial charge on any atom is 0.224 e. The van der Waals surface area contributed by atoms with Gasteiger partial charge in [0, 0.05) is 42.6 Å². The van der Waals surface area contributed by atoms with E-state index in [1.54, 1.807) is 33.5 Å². The zero-order chi connectivity index (χ0) is 31.9. The van der Waals surface area contributed by atoms with Crippen molar-refractivity contribution in [3.63, 3.8) is 0 Å². The van der Waals surface area contributed by atoms with Crippen LogP contribution in [0.25, 0.3) is 22.0 Å². The van der Waals surface area contributed by atoms with Crippen LogP contribution in [0, 0.1) is 0 Å². The summed E-state index contributed by atoms with van der Waals surface area (Å²) in [5.41, 5.74) is 5.36. The molecule has 0 spiro atoms. The van der Waals surface area contributed by atoms with E-state index in [1.165, 1.54) is 6.92 Å². The van der Waals surface area contributed by atoms with Crippen molar-refractivity contribution in [1.82, 2.24) is 10.3 Å². The first-order valence-corrected chi connectivity index (χ1v) is 15.2.